The van der Waals surface area contributed by atoms with Crippen molar-refractivity contribution < 1.29 is 4.74 Å². The van der Waals surface area contributed by atoms with Crippen molar-refractivity contribution in [1.29, 1.82) is 0 Å². The Morgan fingerprint density at radius 1 is 1.29 bits per heavy atom. The van der Waals surface area contributed by atoms with Gasteiger partial charge in [-0.05, 0) is 24.6 Å². The summed E-state index contributed by atoms with van der Waals surface area (Å²) >= 11 is 1.82. The molecule has 0 aliphatic heterocycles. The molecule has 0 aliphatic rings. The minimum absolute atomic E-state index is 0.804. The van der Waals surface area contributed by atoms with Crippen LogP contribution in [0.2, 0.25) is 0 Å². The monoisotopic (exact) mass is 248 g/mol. The summed E-state index contributed by atoms with van der Waals surface area (Å²) in [5.41, 5.74) is 6.75. The second-order valence-corrected chi connectivity index (χ2v) is 4.91. The Balaban J connectivity index is 2.20. The molecule has 4 heteroatoms. The average molecular weight is 248 g/mol. The van der Waals surface area contributed by atoms with E-state index in [9.17, 15) is 0 Å². The molecule has 0 aliphatic carbocycles. The summed E-state index contributed by atoms with van der Waals surface area (Å²) in [4.78, 5) is 5.40. The minimum atomic E-state index is 0.804. The minimum Gasteiger partial charge on any atom is -0.398 e. The lowest BCUT2D eigenvalue weighted by Crippen LogP contribution is -1.92. The van der Waals surface area contributed by atoms with E-state index >= 15 is 0 Å². The van der Waals surface area contributed by atoms with Crippen molar-refractivity contribution in [3.05, 3.63) is 30.6 Å². The second kappa shape index (κ2) is 5.89. The van der Waals surface area contributed by atoms with Crippen LogP contribution >= 0.6 is 11.8 Å². The first-order valence-electron chi connectivity index (χ1n) is 5.57. The number of nitrogen functional groups attached to an aromatic ring is 1. The van der Waals surface area contributed by atoms with E-state index in [0.717, 1.165) is 35.2 Å². The van der Waals surface area contributed by atoms with Crippen molar-refractivity contribution in [3.63, 3.8) is 0 Å². The SMILES string of the molecule is COCCCSc1ccc(N)c2ccncc12. The molecule has 2 aromatic rings. The third-order valence-electron chi connectivity index (χ3n) is 2.56. The number of nitrogens with zero attached hydrogens (tertiary/aromatic N) is 1. The summed E-state index contributed by atoms with van der Waals surface area (Å²) in [5, 5.41) is 2.21. The van der Waals surface area contributed by atoms with Crippen LogP contribution in [0.25, 0.3) is 10.8 Å². The largest absolute Gasteiger partial charge is 0.398 e. The smallest absolute Gasteiger partial charge is 0.0470 e. The lowest BCUT2D eigenvalue weighted by molar-refractivity contribution is 0.200. The van der Waals surface area contributed by atoms with Gasteiger partial charge in [-0.25, -0.2) is 0 Å². The number of hydrogen-bond donors (Lipinski definition) is 1. The van der Waals surface area contributed by atoms with E-state index in [-0.39, 0.29) is 0 Å². The van der Waals surface area contributed by atoms with Crippen molar-refractivity contribution in [3.8, 4) is 0 Å². The summed E-state index contributed by atoms with van der Waals surface area (Å²) in [6, 6.07) is 5.99. The normalized spacial score (nSPS) is 10.9. The Morgan fingerprint density at radius 2 is 2.18 bits per heavy atom. The lowest BCUT2D eigenvalue weighted by atomic mass is 10.1. The first-order valence-corrected chi connectivity index (χ1v) is 6.55. The highest BCUT2D eigenvalue weighted by Gasteiger charge is 2.04. The first-order chi connectivity index (χ1) is 8.33. The topological polar surface area (TPSA) is 48.1 Å². The lowest BCUT2D eigenvalue weighted by Gasteiger charge is -2.07. The van der Waals surface area contributed by atoms with Crippen LogP contribution in [0.1, 0.15) is 6.42 Å². The Kier molecular flexibility index (Phi) is 4.23. The molecular formula is C13H16N2OS. The summed E-state index contributed by atoms with van der Waals surface area (Å²) in [6.45, 7) is 0.804. The van der Waals surface area contributed by atoms with E-state index < -0.39 is 0 Å². The van der Waals surface area contributed by atoms with E-state index in [1.165, 1.54) is 4.90 Å². The molecule has 1 aromatic carbocycles. The molecule has 0 amide bonds. The van der Waals surface area contributed by atoms with Crippen LogP contribution in [-0.2, 0) is 4.74 Å². The van der Waals surface area contributed by atoms with Crippen LogP contribution in [0.3, 0.4) is 0 Å². The van der Waals surface area contributed by atoms with E-state index in [1.54, 1.807) is 13.3 Å². The van der Waals surface area contributed by atoms with Gasteiger partial charge < -0.3 is 10.5 Å². The molecule has 2 rings (SSSR count). The number of fused-ring (bicyclic) bond motifs is 1. The van der Waals surface area contributed by atoms with Gasteiger partial charge in [0.1, 0.15) is 0 Å². The maximum absolute atomic E-state index is 5.94. The van der Waals surface area contributed by atoms with Crippen molar-refractivity contribution >= 4 is 28.2 Å². The van der Waals surface area contributed by atoms with Crippen LogP contribution < -0.4 is 5.73 Å². The number of rotatable bonds is 5. The zero-order chi connectivity index (χ0) is 12.1. The highest BCUT2D eigenvalue weighted by molar-refractivity contribution is 7.99. The van der Waals surface area contributed by atoms with Crippen molar-refractivity contribution in [2.24, 2.45) is 0 Å². The summed E-state index contributed by atoms with van der Waals surface area (Å²) in [7, 11) is 1.73. The molecule has 0 unspecified atom stereocenters. The number of benzene rings is 1. The van der Waals surface area contributed by atoms with Gasteiger partial charge in [-0.2, -0.15) is 0 Å². The van der Waals surface area contributed by atoms with Crippen LogP contribution in [0, 0.1) is 0 Å². The van der Waals surface area contributed by atoms with Crippen LogP contribution in [0.4, 0.5) is 5.69 Å². The predicted molar refractivity (Wildman–Crippen MR) is 73.4 cm³/mol. The summed E-state index contributed by atoms with van der Waals surface area (Å²) in [5.74, 6) is 1.04. The number of thioether (sulfide) groups is 1. The van der Waals surface area contributed by atoms with Gasteiger partial charge in [-0.1, -0.05) is 0 Å². The highest BCUT2D eigenvalue weighted by Crippen LogP contribution is 2.30. The molecule has 0 atom stereocenters. The number of pyridine rings is 1. The fourth-order valence-electron chi connectivity index (χ4n) is 1.70. The predicted octanol–water partition coefficient (Wildman–Crippen LogP) is 2.95. The van der Waals surface area contributed by atoms with Crippen molar-refractivity contribution in [1.82, 2.24) is 4.98 Å². The molecule has 0 fully saturated rings. The fraction of sp³-hybridized carbons (Fsp3) is 0.308. The maximum Gasteiger partial charge on any atom is 0.0470 e. The van der Waals surface area contributed by atoms with E-state index in [4.69, 9.17) is 10.5 Å². The van der Waals surface area contributed by atoms with Crippen molar-refractivity contribution in [2.45, 2.75) is 11.3 Å². The fourth-order valence-corrected chi connectivity index (χ4v) is 2.66. The summed E-state index contributed by atoms with van der Waals surface area (Å²) < 4.78 is 5.04. The third-order valence-corrected chi connectivity index (χ3v) is 3.72. The molecule has 0 saturated carbocycles. The number of methoxy groups -OCH3 is 1. The van der Waals surface area contributed by atoms with Crippen molar-refractivity contribution in [2.75, 3.05) is 25.2 Å². The molecule has 1 heterocycles. The second-order valence-electron chi connectivity index (χ2n) is 3.77. The van der Waals surface area contributed by atoms with Gasteiger partial charge in [-0.15, -0.1) is 11.8 Å². The molecule has 0 bridgehead atoms. The Bertz CT molecular complexity index is 502. The van der Waals surface area contributed by atoms with Gasteiger partial charge in [0, 0.05) is 53.2 Å². The molecule has 17 heavy (non-hydrogen) atoms. The Labute approximate surface area is 105 Å². The molecule has 3 nitrogen and oxygen atoms in total. The molecule has 2 N–H and O–H groups in total. The van der Waals surface area contributed by atoms with Gasteiger partial charge in [0.05, 0.1) is 0 Å². The Morgan fingerprint density at radius 3 is 3.00 bits per heavy atom. The third kappa shape index (κ3) is 2.90. The number of aromatic nitrogens is 1. The van der Waals surface area contributed by atoms with Gasteiger partial charge in [0.2, 0.25) is 0 Å². The van der Waals surface area contributed by atoms with Gasteiger partial charge in [0.25, 0.3) is 0 Å². The zero-order valence-electron chi connectivity index (χ0n) is 9.85. The average Bonchev–Trinajstić information content (AvgIpc) is 2.37. The van der Waals surface area contributed by atoms with E-state index in [0.29, 0.717) is 0 Å². The molecule has 90 valence electrons. The van der Waals surface area contributed by atoms with E-state index in [1.807, 2.05) is 30.1 Å². The standard InChI is InChI=1S/C13H16N2OS/c1-16-7-2-8-17-13-4-3-12(14)10-5-6-15-9-11(10)13/h3-6,9H,2,7-8,14H2,1H3. The highest BCUT2D eigenvalue weighted by atomic mass is 32.2. The van der Waals surface area contributed by atoms with E-state index in [2.05, 4.69) is 11.1 Å². The molecule has 0 radical (unpaired) electrons. The zero-order valence-corrected chi connectivity index (χ0v) is 10.7. The van der Waals surface area contributed by atoms with Crippen LogP contribution in [0.15, 0.2) is 35.5 Å². The maximum atomic E-state index is 5.94. The molecule has 0 saturated heterocycles. The quantitative estimate of drug-likeness (QED) is 0.502. The molecule has 0 spiro atoms. The molecule has 1 aromatic heterocycles. The Hall–Kier alpha value is -1.26. The first kappa shape index (κ1) is 12.2. The number of hydrogen-bond acceptors (Lipinski definition) is 4. The van der Waals surface area contributed by atoms with Crippen LogP contribution in [-0.4, -0.2) is 24.5 Å². The van der Waals surface area contributed by atoms with Crippen LogP contribution in [0.5, 0.6) is 0 Å². The number of nitrogens with two attached hydrogens (primary N) is 1. The number of anilines is 1. The number of ether oxygens (including phenoxy) is 1. The van der Waals surface area contributed by atoms with Gasteiger partial charge in [0.15, 0.2) is 0 Å². The summed E-state index contributed by atoms with van der Waals surface area (Å²) in [6.07, 6.45) is 4.70. The van der Waals surface area contributed by atoms with Gasteiger partial charge in [-0.3, -0.25) is 4.98 Å². The van der Waals surface area contributed by atoms with Gasteiger partial charge >= 0.3 is 0 Å². The molecular weight excluding hydrogens is 232 g/mol.